The fourth-order valence-electron chi connectivity index (χ4n) is 1.92. The highest BCUT2D eigenvalue weighted by atomic mass is 35.5. The van der Waals surface area contributed by atoms with Gasteiger partial charge in [0.1, 0.15) is 0 Å². The number of nitrogens with one attached hydrogen (secondary N) is 2. The van der Waals surface area contributed by atoms with Crippen molar-refractivity contribution >= 4 is 34.8 Å². The predicted molar refractivity (Wildman–Crippen MR) is 72.2 cm³/mol. The summed E-state index contributed by atoms with van der Waals surface area (Å²) in [5.41, 5.74) is 0.524. The van der Waals surface area contributed by atoms with Gasteiger partial charge in [0, 0.05) is 11.1 Å². The van der Waals surface area contributed by atoms with Gasteiger partial charge in [-0.1, -0.05) is 23.2 Å². The SMILES string of the molecule is CNC1COCC1C(=O)Nc1cc(Cl)ccc1Cl. The van der Waals surface area contributed by atoms with E-state index in [2.05, 4.69) is 10.6 Å². The van der Waals surface area contributed by atoms with Crippen molar-refractivity contribution in [1.82, 2.24) is 5.32 Å². The third-order valence-corrected chi connectivity index (χ3v) is 3.54. The maximum atomic E-state index is 12.1. The molecule has 1 saturated heterocycles. The number of hydrogen-bond donors (Lipinski definition) is 2. The van der Waals surface area contributed by atoms with Crippen molar-refractivity contribution in [2.24, 2.45) is 5.92 Å². The molecule has 1 heterocycles. The molecule has 0 aliphatic carbocycles. The molecule has 0 radical (unpaired) electrons. The molecule has 0 saturated carbocycles. The van der Waals surface area contributed by atoms with Gasteiger partial charge in [-0.15, -0.1) is 0 Å². The molecule has 18 heavy (non-hydrogen) atoms. The second-order valence-corrected chi connectivity index (χ2v) is 5.00. The van der Waals surface area contributed by atoms with Gasteiger partial charge in [0.2, 0.25) is 5.91 Å². The first-order valence-electron chi connectivity index (χ1n) is 5.62. The molecule has 1 aromatic carbocycles. The lowest BCUT2D eigenvalue weighted by molar-refractivity contribution is -0.120. The average Bonchev–Trinajstić information content (AvgIpc) is 2.82. The van der Waals surface area contributed by atoms with Crippen LogP contribution in [0.4, 0.5) is 5.69 Å². The van der Waals surface area contributed by atoms with E-state index >= 15 is 0 Å². The van der Waals surface area contributed by atoms with Gasteiger partial charge in [-0.05, 0) is 25.2 Å². The molecule has 1 aromatic rings. The Bertz CT molecular complexity index is 454. The molecule has 1 aliphatic rings. The molecule has 0 bridgehead atoms. The van der Waals surface area contributed by atoms with Gasteiger partial charge in [-0.25, -0.2) is 0 Å². The quantitative estimate of drug-likeness (QED) is 0.896. The van der Waals surface area contributed by atoms with Gasteiger partial charge in [0.25, 0.3) is 0 Å². The maximum absolute atomic E-state index is 12.1. The Morgan fingerprint density at radius 1 is 1.39 bits per heavy atom. The Hall–Kier alpha value is -0.810. The number of rotatable bonds is 3. The molecule has 1 amide bonds. The van der Waals surface area contributed by atoms with Crippen molar-refractivity contribution in [2.75, 3.05) is 25.6 Å². The summed E-state index contributed by atoms with van der Waals surface area (Å²) in [4.78, 5) is 12.1. The summed E-state index contributed by atoms with van der Waals surface area (Å²) in [6, 6.07) is 4.99. The Morgan fingerprint density at radius 2 is 2.17 bits per heavy atom. The van der Waals surface area contributed by atoms with E-state index in [0.717, 1.165) is 0 Å². The van der Waals surface area contributed by atoms with Crippen LogP contribution in [0.25, 0.3) is 0 Å². The highest BCUT2D eigenvalue weighted by molar-refractivity contribution is 6.35. The van der Waals surface area contributed by atoms with Crippen LogP contribution in [0.2, 0.25) is 10.0 Å². The van der Waals surface area contributed by atoms with Crippen LogP contribution < -0.4 is 10.6 Å². The average molecular weight is 289 g/mol. The molecule has 2 rings (SSSR count). The van der Waals surface area contributed by atoms with E-state index in [0.29, 0.717) is 28.9 Å². The van der Waals surface area contributed by atoms with E-state index in [1.807, 2.05) is 7.05 Å². The molecular formula is C12H14Cl2N2O2. The van der Waals surface area contributed by atoms with Crippen molar-refractivity contribution in [3.63, 3.8) is 0 Å². The highest BCUT2D eigenvalue weighted by Crippen LogP contribution is 2.26. The number of hydrogen-bond acceptors (Lipinski definition) is 3. The largest absolute Gasteiger partial charge is 0.379 e. The van der Waals surface area contributed by atoms with Crippen molar-refractivity contribution in [1.29, 1.82) is 0 Å². The van der Waals surface area contributed by atoms with Crippen molar-refractivity contribution in [3.05, 3.63) is 28.2 Å². The monoisotopic (exact) mass is 288 g/mol. The van der Waals surface area contributed by atoms with Crippen molar-refractivity contribution in [3.8, 4) is 0 Å². The lowest BCUT2D eigenvalue weighted by Gasteiger charge is -2.17. The maximum Gasteiger partial charge on any atom is 0.231 e. The number of carbonyl (C=O) groups is 1. The first-order valence-corrected chi connectivity index (χ1v) is 6.38. The normalized spacial score (nSPS) is 23.1. The molecule has 4 nitrogen and oxygen atoms in total. The second-order valence-electron chi connectivity index (χ2n) is 4.15. The van der Waals surface area contributed by atoms with Crippen LogP contribution in [0.15, 0.2) is 18.2 Å². The van der Waals surface area contributed by atoms with Crippen LogP contribution >= 0.6 is 23.2 Å². The zero-order valence-corrected chi connectivity index (χ0v) is 11.4. The van der Waals surface area contributed by atoms with Gasteiger partial charge < -0.3 is 15.4 Å². The molecule has 98 valence electrons. The van der Waals surface area contributed by atoms with Crippen LogP contribution in [-0.4, -0.2) is 32.2 Å². The van der Waals surface area contributed by atoms with Gasteiger partial charge >= 0.3 is 0 Å². The Morgan fingerprint density at radius 3 is 2.89 bits per heavy atom. The van der Waals surface area contributed by atoms with Gasteiger partial charge in [0.15, 0.2) is 0 Å². The van der Waals surface area contributed by atoms with E-state index in [1.165, 1.54) is 0 Å². The van der Waals surface area contributed by atoms with E-state index in [-0.39, 0.29) is 17.9 Å². The minimum Gasteiger partial charge on any atom is -0.379 e. The third kappa shape index (κ3) is 2.95. The standard InChI is InChI=1S/C12H14Cl2N2O2/c1-15-11-6-18-5-8(11)12(17)16-10-4-7(13)2-3-9(10)14/h2-4,8,11,15H,5-6H2,1H3,(H,16,17). The highest BCUT2D eigenvalue weighted by Gasteiger charge is 2.33. The zero-order valence-electron chi connectivity index (χ0n) is 9.87. The molecule has 0 aromatic heterocycles. The fourth-order valence-corrected chi connectivity index (χ4v) is 2.25. The van der Waals surface area contributed by atoms with Gasteiger partial charge in [-0.2, -0.15) is 0 Å². The van der Waals surface area contributed by atoms with Crippen LogP contribution in [0.5, 0.6) is 0 Å². The molecule has 1 aliphatic heterocycles. The molecular weight excluding hydrogens is 275 g/mol. The second kappa shape index (κ2) is 5.89. The lowest BCUT2D eigenvalue weighted by atomic mass is 10.0. The van der Waals surface area contributed by atoms with Crippen LogP contribution in [0.1, 0.15) is 0 Å². The minimum absolute atomic E-state index is 0.0305. The molecule has 2 N–H and O–H groups in total. The molecule has 1 fully saturated rings. The predicted octanol–water partition coefficient (Wildman–Crippen LogP) is 2.17. The van der Waals surface area contributed by atoms with Gasteiger partial charge in [0.05, 0.1) is 29.8 Å². The van der Waals surface area contributed by atoms with E-state index in [4.69, 9.17) is 27.9 Å². The Balaban J connectivity index is 2.09. The number of ether oxygens (including phenoxy) is 1. The summed E-state index contributed by atoms with van der Waals surface area (Å²) in [6.07, 6.45) is 0. The lowest BCUT2D eigenvalue weighted by Crippen LogP contribution is -2.39. The summed E-state index contributed by atoms with van der Waals surface area (Å²) in [7, 11) is 1.81. The number of anilines is 1. The zero-order chi connectivity index (χ0) is 13.1. The topological polar surface area (TPSA) is 50.4 Å². The van der Waals surface area contributed by atoms with Crippen LogP contribution in [0.3, 0.4) is 0 Å². The number of benzene rings is 1. The molecule has 2 unspecified atom stereocenters. The number of likely N-dealkylation sites (N-methyl/N-ethyl adjacent to an activating group) is 1. The van der Waals surface area contributed by atoms with Gasteiger partial charge in [-0.3, -0.25) is 4.79 Å². The molecule has 2 atom stereocenters. The first kappa shape index (κ1) is 13.6. The summed E-state index contributed by atoms with van der Waals surface area (Å²) < 4.78 is 5.29. The Kier molecular flexibility index (Phi) is 4.45. The van der Waals surface area contributed by atoms with Crippen molar-refractivity contribution < 1.29 is 9.53 Å². The molecule has 0 spiro atoms. The first-order chi connectivity index (χ1) is 8.61. The summed E-state index contributed by atoms with van der Waals surface area (Å²) in [5.74, 6) is -0.332. The number of carbonyl (C=O) groups excluding carboxylic acids is 1. The number of halogens is 2. The number of amides is 1. The smallest absolute Gasteiger partial charge is 0.231 e. The van der Waals surface area contributed by atoms with E-state index in [9.17, 15) is 4.79 Å². The third-order valence-electron chi connectivity index (χ3n) is 2.97. The van der Waals surface area contributed by atoms with E-state index < -0.39 is 0 Å². The van der Waals surface area contributed by atoms with Crippen LogP contribution in [-0.2, 0) is 9.53 Å². The summed E-state index contributed by atoms with van der Waals surface area (Å²) >= 11 is 11.9. The summed E-state index contributed by atoms with van der Waals surface area (Å²) in [5, 5.41) is 6.84. The van der Waals surface area contributed by atoms with E-state index in [1.54, 1.807) is 18.2 Å². The summed E-state index contributed by atoms with van der Waals surface area (Å²) in [6.45, 7) is 0.952. The van der Waals surface area contributed by atoms with Crippen LogP contribution in [0, 0.1) is 5.92 Å². The minimum atomic E-state index is -0.218. The molecule has 6 heteroatoms. The fraction of sp³-hybridized carbons (Fsp3) is 0.417. The Labute approximate surface area is 116 Å². The van der Waals surface area contributed by atoms with Crippen molar-refractivity contribution in [2.45, 2.75) is 6.04 Å².